The number of nitrogens with one attached hydrogen (secondary N) is 1. The van der Waals surface area contributed by atoms with Gasteiger partial charge in [0.1, 0.15) is 5.00 Å². The van der Waals surface area contributed by atoms with Crippen molar-refractivity contribution < 1.29 is 14.3 Å². The van der Waals surface area contributed by atoms with Crippen LogP contribution in [-0.2, 0) is 22.4 Å². The highest BCUT2D eigenvalue weighted by molar-refractivity contribution is 7.17. The molecule has 0 saturated carbocycles. The highest BCUT2D eigenvalue weighted by atomic mass is 32.1. The molecule has 3 N–H and O–H groups in total. The van der Waals surface area contributed by atoms with Gasteiger partial charge in [-0.2, -0.15) is 0 Å². The summed E-state index contributed by atoms with van der Waals surface area (Å²) in [5, 5.41) is 3.40. The summed E-state index contributed by atoms with van der Waals surface area (Å²) in [6, 6.07) is -0.572. The van der Waals surface area contributed by atoms with Gasteiger partial charge in [-0.15, -0.1) is 11.3 Å². The number of anilines is 1. The SMILES string of the molecule is CCC(C)[C@H](N)C(=O)Nc1sc2c(c1C(=O)OC)CCC2. The van der Waals surface area contributed by atoms with Crippen molar-refractivity contribution in [2.75, 3.05) is 12.4 Å². The van der Waals surface area contributed by atoms with Crippen LogP contribution in [0, 0.1) is 5.92 Å². The number of hydrogen-bond donors (Lipinski definition) is 2. The zero-order valence-corrected chi connectivity index (χ0v) is 13.5. The van der Waals surface area contributed by atoms with E-state index in [2.05, 4.69) is 5.32 Å². The van der Waals surface area contributed by atoms with Crippen molar-refractivity contribution in [1.29, 1.82) is 0 Å². The fourth-order valence-corrected chi connectivity index (χ4v) is 3.80. The Morgan fingerprint density at radius 3 is 2.76 bits per heavy atom. The van der Waals surface area contributed by atoms with Gasteiger partial charge in [0.05, 0.1) is 18.7 Å². The van der Waals surface area contributed by atoms with E-state index >= 15 is 0 Å². The quantitative estimate of drug-likeness (QED) is 0.818. The summed E-state index contributed by atoms with van der Waals surface area (Å²) in [5.41, 5.74) is 7.49. The molecular formula is C15H22N2O3S. The first-order valence-corrected chi connectivity index (χ1v) is 8.10. The third-order valence-electron chi connectivity index (χ3n) is 4.11. The van der Waals surface area contributed by atoms with Gasteiger partial charge in [-0.1, -0.05) is 20.3 Å². The van der Waals surface area contributed by atoms with Crippen LogP contribution in [0.25, 0.3) is 0 Å². The van der Waals surface area contributed by atoms with Gasteiger partial charge in [0.2, 0.25) is 5.91 Å². The van der Waals surface area contributed by atoms with Gasteiger partial charge in [-0.05, 0) is 30.7 Å². The third kappa shape index (κ3) is 3.11. The van der Waals surface area contributed by atoms with Crippen molar-refractivity contribution in [3.05, 3.63) is 16.0 Å². The number of carbonyl (C=O) groups is 2. The standard InChI is InChI=1S/C15H22N2O3S/c1-4-8(2)12(16)13(18)17-14-11(15(19)20-3)9-6-5-7-10(9)21-14/h8,12H,4-7,16H2,1-3H3,(H,17,18)/t8?,12-/m0/s1. The van der Waals surface area contributed by atoms with E-state index < -0.39 is 6.04 Å². The molecule has 0 radical (unpaired) electrons. The number of hydrogen-bond acceptors (Lipinski definition) is 5. The number of nitrogens with two attached hydrogens (primary N) is 1. The average molecular weight is 310 g/mol. The predicted molar refractivity (Wildman–Crippen MR) is 83.7 cm³/mol. The number of ether oxygens (including phenoxy) is 1. The van der Waals surface area contributed by atoms with E-state index in [0.29, 0.717) is 10.6 Å². The topological polar surface area (TPSA) is 81.4 Å². The van der Waals surface area contributed by atoms with Crippen molar-refractivity contribution in [2.24, 2.45) is 11.7 Å². The second kappa shape index (κ2) is 6.58. The molecule has 116 valence electrons. The fraction of sp³-hybridized carbons (Fsp3) is 0.600. The number of fused-ring (bicyclic) bond motifs is 1. The maximum atomic E-state index is 12.2. The predicted octanol–water partition coefficient (Wildman–Crippen LogP) is 2.34. The minimum Gasteiger partial charge on any atom is -0.465 e. The Bertz CT molecular complexity index is 553. The number of amides is 1. The number of methoxy groups -OCH3 is 1. The lowest BCUT2D eigenvalue weighted by molar-refractivity contribution is -0.118. The molecule has 6 heteroatoms. The van der Waals surface area contributed by atoms with Crippen LogP contribution in [0.2, 0.25) is 0 Å². The molecular weight excluding hydrogens is 288 g/mol. The molecule has 2 atom stereocenters. The number of aryl methyl sites for hydroxylation is 1. The molecule has 0 aliphatic heterocycles. The first kappa shape index (κ1) is 16.0. The van der Waals surface area contributed by atoms with Gasteiger partial charge >= 0.3 is 5.97 Å². The second-order valence-electron chi connectivity index (χ2n) is 5.45. The van der Waals surface area contributed by atoms with Crippen LogP contribution in [0.4, 0.5) is 5.00 Å². The molecule has 5 nitrogen and oxygen atoms in total. The Kier molecular flexibility index (Phi) is 5.00. The van der Waals surface area contributed by atoms with Crippen LogP contribution in [0.3, 0.4) is 0 Å². The summed E-state index contributed by atoms with van der Waals surface area (Å²) in [5.74, 6) is -0.533. The van der Waals surface area contributed by atoms with E-state index in [1.54, 1.807) is 0 Å². The number of carbonyl (C=O) groups excluding carboxylic acids is 2. The summed E-state index contributed by atoms with van der Waals surface area (Å²) in [4.78, 5) is 25.4. The van der Waals surface area contributed by atoms with Gasteiger partial charge in [-0.25, -0.2) is 4.79 Å². The lowest BCUT2D eigenvalue weighted by Gasteiger charge is -2.17. The summed E-state index contributed by atoms with van der Waals surface area (Å²) in [6.07, 6.45) is 3.70. The zero-order chi connectivity index (χ0) is 15.6. The van der Waals surface area contributed by atoms with Gasteiger partial charge in [0.25, 0.3) is 0 Å². The highest BCUT2D eigenvalue weighted by Gasteiger charge is 2.29. The zero-order valence-electron chi connectivity index (χ0n) is 12.7. The molecule has 2 rings (SSSR count). The summed E-state index contributed by atoms with van der Waals surface area (Å²) in [6.45, 7) is 3.94. The van der Waals surface area contributed by atoms with Crippen LogP contribution in [-0.4, -0.2) is 25.0 Å². The Morgan fingerprint density at radius 2 is 2.14 bits per heavy atom. The molecule has 1 unspecified atom stereocenters. The number of thiophene rings is 1. The van der Waals surface area contributed by atoms with Gasteiger partial charge in [0.15, 0.2) is 0 Å². The van der Waals surface area contributed by atoms with E-state index in [9.17, 15) is 9.59 Å². The van der Waals surface area contributed by atoms with Crippen LogP contribution in [0.1, 0.15) is 47.5 Å². The maximum Gasteiger partial charge on any atom is 0.341 e. The lowest BCUT2D eigenvalue weighted by atomic mass is 9.99. The monoisotopic (exact) mass is 310 g/mol. The van der Waals surface area contributed by atoms with E-state index in [1.807, 2.05) is 13.8 Å². The van der Waals surface area contributed by atoms with Crippen LogP contribution < -0.4 is 11.1 Å². The normalized spacial score (nSPS) is 16.2. The van der Waals surface area contributed by atoms with Gasteiger partial charge in [-0.3, -0.25) is 4.79 Å². The fourth-order valence-electron chi connectivity index (χ4n) is 2.52. The molecule has 1 aromatic rings. The molecule has 1 aliphatic rings. The average Bonchev–Trinajstić information content (AvgIpc) is 3.05. The van der Waals surface area contributed by atoms with Crippen molar-refractivity contribution in [3.63, 3.8) is 0 Å². The molecule has 0 spiro atoms. The molecule has 1 heterocycles. The largest absolute Gasteiger partial charge is 0.465 e. The number of esters is 1. The molecule has 1 aliphatic carbocycles. The van der Waals surface area contributed by atoms with Gasteiger partial charge < -0.3 is 15.8 Å². The molecule has 21 heavy (non-hydrogen) atoms. The molecule has 1 aromatic heterocycles. The summed E-state index contributed by atoms with van der Waals surface area (Å²) in [7, 11) is 1.36. The first-order valence-electron chi connectivity index (χ1n) is 7.28. The highest BCUT2D eigenvalue weighted by Crippen LogP contribution is 2.39. The van der Waals surface area contributed by atoms with Crippen molar-refractivity contribution in [1.82, 2.24) is 0 Å². The van der Waals surface area contributed by atoms with E-state index in [0.717, 1.165) is 31.2 Å². The second-order valence-corrected chi connectivity index (χ2v) is 6.56. The minimum atomic E-state index is -0.572. The van der Waals surface area contributed by atoms with Crippen molar-refractivity contribution in [2.45, 2.75) is 45.6 Å². The van der Waals surface area contributed by atoms with Crippen molar-refractivity contribution in [3.8, 4) is 0 Å². The Morgan fingerprint density at radius 1 is 1.43 bits per heavy atom. The molecule has 1 amide bonds. The smallest absolute Gasteiger partial charge is 0.341 e. The Hall–Kier alpha value is -1.40. The van der Waals surface area contributed by atoms with E-state index in [1.165, 1.54) is 23.3 Å². The van der Waals surface area contributed by atoms with E-state index in [4.69, 9.17) is 10.5 Å². The van der Waals surface area contributed by atoms with Crippen molar-refractivity contribution >= 4 is 28.2 Å². The Labute approximate surface area is 128 Å². The van der Waals surface area contributed by atoms with Crippen LogP contribution in [0.5, 0.6) is 0 Å². The summed E-state index contributed by atoms with van der Waals surface area (Å²) < 4.78 is 4.86. The van der Waals surface area contributed by atoms with E-state index in [-0.39, 0.29) is 17.8 Å². The first-order chi connectivity index (χ1) is 9.99. The Balaban J connectivity index is 2.24. The summed E-state index contributed by atoms with van der Waals surface area (Å²) >= 11 is 1.47. The van der Waals surface area contributed by atoms with Gasteiger partial charge in [0, 0.05) is 4.88 Å². The number of rotatable bonds is 5. The lowest BCUT2D eigenvalue weighted by Crippen LogP contribution is -2.40. The molecule has 0 bridgehead atoms. The van der Waals surface area contributed by atoms with Crippen LogP contribution in [0.15, 0.2) is 0 Å². The maximum absolute atomic E-state index is 12.2. The van der Waals surface area contributed by atoms with Crippen LogP contribution >= 0.6 is 11.3 Å². The molecule has 0 saturated heterocycles. The molecule has 0 fully saturated rings. The molecule has 0 aromatic carbocycles. The third-order valence-corrected chi connectivity index (χ3v) is 5.31. The minimum absolute atomic E-state index is 0.0957.